The van der Waals surface area contributed by atoms with Gasteiger partial charge in [0.05, 0.1) is 12.2 Å². The second-order valence-electron chi connectivity index (χ2n) is 4.35. The number of methoxy groups -OCH3 is 1. The quantitative estimate of drug-likeness (QED) is 0.611. The second kappa shape index (κ2) is 4.63. The van der Waals surface area contributed by atoms with Gasteiger partial charge >= 0.3 is 0 Å². The molecule has 0 aromatic carbocycles. The zero-order valence-electron chi connectivity index (χ0n) is 8.53. The molecule has 0 spiro atoms. The van der Waals surface area contributed by atoms with Gasteiger partial charge in [-0.1, -0.05) is 22.6 Å². The van der Waals surface area contributed by atoms with Crippen LogP contribution in [0.1, 0.15) is 19.3 Å². The Kier molecular flexibility index (Phi) is 3.68. The molecule has 0 aromatic heterocycles. The van der Waals surface area contributed by atoms with Crippen LogP contribution < -0.4 is 0 Å². The highest BCUT2D eigenvalue weighted by atomic mass is 127. The van der Waals surface area contributed by atoms with E-state index in [4.69, 9.17) is 4.74 Å². The maximum Gasteiger partial charge on any atom is 0.0785 e. The van der Waals surface area contributed by atoms with Crippen LogP contribution in [0.25, 0.3) is 0 Å². The summed E-state index contributed by atoms with van der Waals surface area (Å²) in [7, 11) is 1.78. The van der Waals surface area contributed by atoms with E-state index in [1.165, 1.54) is 0 Å². The molecule has 2 rings (SSSR count). The SMILES string of the molecule is COC1CC(N2CC[C@H](I)[C@@H](O)C2)C1. The fourth-order valence-corrected chi connectivity index (χ4v) is 2.79. The van der Waals surface area contributed by atoms with Gasteiger partial charge in [-0.2, -0.15) is 0 Å². The van der Waals surface area contributed by atoms with Crippen molar-refractivity contribution in [2.75, 3.05) is 20.2 Å². The lowest BCUT2D eigenvalue weighted by Crippen LogP contribution is -2.54. The van der Waals surface area contributed by atoms with E-state index in [0.717, 1.165) is 32.4 Å². The molecule has 0 unspecified atom stereocenters. The van der Waals surface area contributed by atoms with Crippen LogP contribution in [0, 0.1) is 0 Å². The Morgan fingerprint density at radius 3 is 2.71 bits per heavy atom. The fraction of sp³-hybridized carbons (Fsp3) is 1.00. The van der Waals surface area contributed by atoms with Gasteiger partial charge in [0.1, 0.15) is 0 Å². The maximum atomic E-state index is 9.76. The lowest BCUT2D eigenvalue weighted by Gasteiger charge is -2.45. The van der Waals surface area contributed by atoms with Crippen molar-refractivity contribution in [2.45, 2.75) is 41.4 Å². The Balaban J connectivity index is 1.78. The van der Waals surface area contributed by atoms with Gasteiger partial charge in [0.2, 0.25) is 0 Å². The Bertz CT molecular complexity index is 197. The third-order valence-electron chi connectivity index (χ3n) is 3.45. The van der Waals surface area contributed by atoms with E-state index in [-0.39, 0.29) is 6.10 Å². The molecule has 0 radical (unpaired) electrons. The van der Waals surface area contributed by atoms with Crippen molar-refractivity contribution in [1.82, 2.24) is 4.90 Å². The summed E-state index contributed by atoms with van der Waals surface area (Å²) in [5.41, 5.74) is 0. The fourth-order valence-electron chi connectivity index (χ4n) is 2.29. The molecule has 14 heavy (non-hydrogen) atoms. The average Bonchev–Trinajstić information content (AvgIpc) is 2.09. The number of β-amino-alcohol motifs (C(OH)–C–C–N with tert-alkyl or cyclic N) is 1. The number of alkyl halides is 1. The van der Waals surface area contributed by atoms with Gasteiger partial charge in [0, 0.05) is 23.6 Å². The highest BCUT2D eigenvalue weighted by Gasteiger charge is 2.37. The molecule has 1 aliphatic heterocycles. The van der Waals surface area contributed by atoms with Gasteiger partial charge in [-0.25, -0.2) is 0 Å². The standard InChI is InChI=1S/C10H18INO2/c1-14-8-4-7(5-8)12-3-2-9(11)10(13)6-12/h7-10,13H,2-6H2,1H3/t7?,8?,9-,10-/m0/s1. The summed E-state index contributed by atoms with van der Waals surface area (Å²) in [5, 5.41) is 9.76. The van der Waals surface area contributed by atoms with Gasteiger partial charge in [0.25, 0.3) is 0 Å². The first kappa shape index (κ1) is 11.1. The Labute approximate surface area is 98.9 Å². The lowest BCUT2D eigenvalue weighted by molar-refractivity contribution is -0.0480. The van der Waals surface area contributed by atoms with E-state index in [2.05, 4.69) is 27.5 Å². The molecule has 0 aromatic rings. The molecule has 1 saturated heterocycles. The monoisotopic (exact) mass is 311 g/mol. The summed E-state index contributed by atoms with van der Waals surface area (Å²) in [6, 6.07) is 0.665. The van der Waals surface area contributed by atoms with Crippen LogP contribution in [0.2, 0.25) is 0 Å². The van der Waals surface area contributed by atoms with Crippen molar-refractivity contribution in [3.8, 4) is 0 Å². The molecular formula is C10H18INO2. The molecule has 1 N–H and O–H groups in total. The maximum absolute atomic E-state index is 9.76. The van der Waals surface area contributed by atoms with Crippen LogP contribution >= 0.6 is 22.6 Å². The van der Waals surface area contributed by atoms with E-state index in [1.54, 1.807) is 7.11 Å². The smallest absolute Gasteiger partial charge is 0.0785 e. The zero-order valence-corrected chi connectivity index (χ0v) is 10.7. The van der Waals surface area contributed by atoms with Crippen molar-refractivity contribution in [2.24, 2.45) is 0 Å². The molecule has 1 heterocycles. The average molecular weight is 311 g/mol. The zero-order chi connectivity index (χ0) is 10.1. The van der Waals surface area contributed by atoms with Gasteiger partial charge in [-0.15, -0.1) is 0 Å². The van der Waals surface area contributed by atoms with Crippen molar-refractivity contribution < 1.29 is 9.84 Å². The molecule has 0 amide bonds. The van der Waals surface area contributed by atoms with Crippen molar-refractivity contribution in [1.29, 1.82) is 0 Å². The van der Waals surface area contributed by atoms with Crippen molar-refractivity contribution in [3.05, 3.63) is 0 Å². The molecule has 3 nitrogen and oxygen atoms in total. The summed E-state index contributed by atoms with van der Waals surface area (Å²) < 4.78 is 5.71. The molecule has 4 heteroatoms. The highest BCUT2D eigenvalue weighted by Crippen LogP contribution is 2.31. The molecule has 1 aliphatic carbocycles. The summed E-state index contributed by atoms with van der Waals surface area (Å²) in [5.74, 6) is 0. The third-order valence-corrected chi connectivity index (χ3v) is 4.90. The topological polar surface area (TPSA) is 32.7 Å². The molecule has 1 saturated carbocycles. The summed E-state index contributed by atoms with van der Waals surface area (Å²) in [4.78, 5) is 2.43. The first-order valence-electron chi connectivity index (χ1n) is 5.29. The van der Waals surface area contributed by atoms with Crippen LogP contribution in [0.4, 0.5) is 0 Å². The number of halogens is 1. The first-order chi connectivity index (χ1) is 6.70. The first-order valence-corrected chi connectivity index (χ1v) is 6.54. The lowest BCUT2D eigenvalue weighted by atomic mass is 9.86. The highest BCUT2D eigenvalue weighted by molar-refractivity contribution is 14.1. The Hall–Kier alpha value is 0.610. The predicted molar refractivity (Wildman–Crippen MR) is 63.8 cm³/mol. The van der Waals surface area contributed by atoms with Crippen LogP contribution in [-0.2, 0) is 4.74 Å². The predicted octanol–water partition coefficient (Wildman–Crippen LogP) is 1.03. The number of ether oxygens (including phenoxy) is 1. The van der Waals surface area contributed by atoms with E-state index in [0.29, 0.717) is 16.1 Å². The van der Waals surface area contributed by atoms with Crippen molar-refractivity contribution in [3.63, 3.8) is 0 Å². The molecule has 0 bridgehead atoms. The van der Waals surface area contributed by atoms with Gasteiger partial charge < -0.3 is 9.84 Å². The summed E-state index contributed by atoms with van der Waals surface area (Å²) in [6.07, 6.45) is 3.75. The van der Waals surface area contributed by atoms with E-state index in [1.807, 2.05) is 0 Å². The Morgan fingerprint density at radius 2 is 2.14 bits per heavy atom. The largest absolute Gasteiger partial charge is 0.391 e. The summed E-state index contributed by atoms with van der Waals surface area (Å²) in [6.45, 7) is 2.00. The van der Waals surface area contributed by atoms with Gasteiger partial charge in [-0.3, -0.25) is 4.90 Å². The van der Waals surface area contributed by atoms with Crippen LogP contribution in [0.5, 0.6) is 0 Å². The minimum absolute atomic E-state index is 0.133. The van der Waals surface area contributed by atoms with Crippen molar-refractivity contribution >= 4 is 22.6 Å². The number of hydrogen-bond acceptors (Lipinski definition) is 3. The van der Waals surface area contributed by atoms with E-state index in [9.17, 15) is 5.11 Å². The number of aliphatic hydroxyl groups excluding tert-OH is 1. The molecule has 82 valence electrons. The normalized spacial score (nSPS) is 44.8. The Morgan fingerprint density at radius 1 is 1.43 bits per heavy atom. The second-order valence-corrected chi connectivity index (χ2v) is 5.95. The number of piperidine rings is 1. The van der Waals surface area contributed by atoms with Crippen LogP contribution in [0.3, 0.4) is 0 Å². The number of rotatable bonds is 2. The molecule has 2 atom stereocenters. The van der Waals surface area contributed by atoms with E-state index >= 15 is 0 Å². The number of likely N-dealkylation sites (tertiary alicyclic amines) is 1. The third kappa shape index (κ3) is 2.23. The van der Waals surface area contributed by atoms with Gasteiger partial charge in [0.15, 0.2) is 0 Å². The molecule has 2 aliphatic rings. The van der Waals surface area contributed by atoms with Crippen LogP contribution in [0.15, 0.2) is 0 Å². The number of hydrogen-bond donors (Lipinski definition) is 1. The minimum atomic E-state index is -0.133. The van der Waals surface area contributed by atoms with Crippen LogP contribution in [-0.4, -0.2) is 52.4 Å². The van der Waals surface area contributed by atoms with E-state index < -0.39 is 0 Å². The minimum Gasteiger partial charge on any atom is -0.391 e. The number of aliphatic hydroxyl groups is 1. The summed E-state index contributed by atoms with van der Waals surface area (Å²) >= 11 is 2.36. The van der Waals surface area contributed by atoms with Gasteiger partial charge in [-0.05, 0) is 25.8 Å². The number of nitrogens with zero attached hydrogens (tertiary/aromatic N) is 1. The molecular weight excluding hydrogens is 293 g/mol. The molecule has 2 fully saturated rings.